The second-order valence-electron chi connectivity index (χ2n) is 15.0. The van der Waals surface area contributed by atoms with Crippen LogP contribution in [0.5, 0.6) is 23.0 Å². The molecule has 0 aliphatic rings. The average molecular weight is 1070 g/mol. The monoisotopic (exact) mass is 1070 g/mol. The van der Waals surface area contributed by atoms with Crippen LogP contribution in [0.25, 0.3) is 11.1 Å². The molecule has 64 heavy (non-hydrogen) atoms. The summed E-state index contributed by atoms with van der Waals surface area (Å²) in [6, 6.07) is 28.3. The summed E-state index contributed by atoms with van der Waals surface area (Å²) in [6.07, 6.45) is 15.3. The van der Waals surface area contributed by atoms with Crippen molar-refractivity contribution < 1.29 is 19.1 Å². The number of halogens is 3. The summed E-state index contributed by atoms with van der Waals surface area (Å²) in [5.41, 5.74) is 3.20. The first kappa shape index (κ1) is 51.5. The molecule has 0 fully saturated rings. The van der Waals surface area contributed by atoms with Gasteiger partial charge in [-0.1, -0.05) is 41.4 Å². The molecule has 330 valence electrons. The van der Waals surface area contributed by atoms with E-state index in [9.17, 15) is 14.9 Å². The first-order valence-corrected chi connectivity index (χ1v) is 30.2. The van der Waals surface area contributed by atoms with Crippen LogP contribution >= 0.6 is 39.1 Å². The fraction of sp³-hybridized carbons (Fsp3) is 0.280. The van der Waals surface area contributed by atoms with Crippen molar-refractivity contribution in [2.45, 2.75) is 86.5 Å². The van der Waals surface area contributed by atoms with Crippen molar-refractivity contribution >= 4 is 72.7 Å². The molecule has 10 nitrogen and oxygen atoms in total. The molecule has 0 unspecified atom stereocenters. The van der Waals surface area contributed by atoms with Crippen molar-refractivity contribution in [2.24, 2.45) is 0 Å². The molecule has 0 N–H and O–H groups in total. The Labute approximate surface area is 399 Å². The van der Waals surface area contributed by atoms with Gasteiger partial charge in [0.2, 0.25) is 0 Å². The van der Waals surface area contributed by atoms with Crippen LogP contribution in [-0.4, -0.2) is 50.3 Å². The van der Waals surface area contributed by atoms with Crippen molar-refractivity contribution in [3.05, 3.63) is 146 Å². The number of nitriles is 2. The van der Waals surface area contributed by atoms with Crippen molar-refractivity contribution in [2.75, 3.05) is 0 Å². The molecule has 0 radical (unpaired) electrons. The SMILES string of the molecule is CC(=O)c1ccc(Oc2cccc(-c3ccnnc3)c2C#N)c(Cl)c1.CC(=O)c1ccc(Oc2cccc(Br)c2C#N)c(Cl)c1.CCC[CH2][Sn]([CH2]CCC)([CH2]CCC)[c]1ccnnc1. The Morgan fingerprint density at radius 2 is 1.11 bits per heavy atom. The number of nitrogens with zero attached hydrogens (tertiary/aromatic N) is 6. The molecule has 0 saturated heterocycles. The minimum atomic E-state index is -2.20. The predicted molar refractivity (Wildman–Crippen MR) is 261 cm³/mol. The number of ether oxygens (including phenoxy) is 2. The molecule has 14 heteroatoms. The molecule has 0 atom stereocenters. The van der Waals surface area contributed by atoms with Crippen LogP contribution in [0, 0.1) is 22.7 Å². The van der Waals surface area contributed by atoms with Crippen LogP contribution < -0.4 is 13.1 Å². The number of benzene rings is 4. The molecule has 0 spiro atoms. The van der Waals surface area contributed by atoms with E-state index in [1.807, 2.05) is 12.3 Å². The topological polar surface area (TPSA) is 152 Å². The fourth-order valence-electron chi connectivity index (χ4n) is 6.92. The number of ketones is 2. The second kappa shape index (κ2) is 26.6. The van der Waals surface area contributed by atoms with E-state index >= 15 is 0 Å². The molecule has 4 aromatic carbocycles. The summed E-state index contributed by atoms with van der Waals surface area (Å²) >= 11 is 13.4. The summed E-state index contributed by atoms with van der Waals surface area (Å²) in [4.78, 5) is 22.7. The fourth-order valence-corrected chi connectivity index (χ4v) is 23.4. The van der Waals surface area contributed by atoms with Gasteiger partial charge >= 0.3 is 123 Å². The number of unbranched alkanes of at least 4 members (excludes halogenated alkanes) is 3. The van der Waals surface area contributed by atoms with Gasteiger partial charge in [-0.25, -0.2) is 0 Å². The minimum absolute atomic E-state index is 0.0707. The second-order valence-corrected chi connectivity index (χ2v) is 29.9. The summed E-state index contributed by atoms with van der Waals surface area (Å²) in [5, 5.41) is 35.1. The summed E-state index contributed by atoms with van der Waals surface area (Å²) in [5.74, 6) is 1.38. The summed E-state index contributed by atoms with van der Waals surface area (Å²) in [7, 11) is 0. The van der Waals surface area contributed by atoms with Gasteiger partial charge in [0.05, 0.1) is 22.4 Å². The third-order valence-electron chi connectivity index (χ3n) is 10.5. The summed E-state index contributed by atoms with van der Waals surface area (Å²) < 4.78 is 18.3. The Kier molecular flexibility index (Phi) is 21.4. The normalized spacial score (nSPS) is 10.5. The van der Waals surface area contributed by atoms with Gasteiger partial charge in [-0.2, -0.15) is 20.7 Å². The zero-order chi connectivity index (χ0) is 46.5. The average Bonchev–Trinajstić information content (AvgIpc) is 3.31. The maximum atomic E-state index is 11.4. The Morgan fingerprint density at radius 1 is 0.625 bits per heavy atom. The van der Waals surface area contributed by atoms with E-state index in [4.69, 9.17) is 37.9 Å². The number of carbonyl (C=O) groups is 2. The Balaban J connectivity index is 0.000000213. The maximum absolute atomic E-state index is 11.4. The van der Waals surface area contributed by atoms with Crippen LogP contribution in [-0.2, 0) is 0 Å². The van der Waals surface area contributed by atoms with Gasteiger partial charge in [-0.15, -0.1) is 0 Å². The van der Waals surface area contributed by atoms with E-state index in [0.717, 1.165) is 5.56 Å². The number of carbonyl (C=O) groups excluding carboxylic acids is 2. The number of rotatable bonds is 17. The van der Waals surface area contributed by atoms with E-state index in [2.05, 4.69) is 81.5 Å². The standard InChI is InChI=1S/C19H12ClN3O2.C15H9BrClNO2.C4H3N2.3C4H9.Sn/c1-12(24)13-5-6-19(17(20)9-13)25-18-4-2-3-15(16(18)10-21)14-7-8-22-23-11-14;1-9(19)10-5-6-15(13(17)7-10)20-14-4-2-3-12(16)11(14)8-18;1-2-4-6-5-3-1;3*1-3-4-2;/h2-9,11H,1H3;2-7H,1H3;1,3-4H;3*1,3-4H2,2H3;. The van der Waals surface area contributed by atoms with Gasteiger partial charge in [0, 0.05) is 26.7 Å². The molecule has 6 rings (SSSR count). The molecule has 0 amide bonds. The quantitative estimate of drug-likeness (QED) is 0.0637. The first-order valence-electron chi connectivity index (χ1n) is 21.1. The van der Waals surface area contributed by atoms with Crippen LogP contribution in [0.15, 0.2) is 114 Å². The molecule has 0 aliphatic carbocycles. The van der Waals surface area contributed by atoms with Gasteiger partial charge in [0.1, 0.15) is 46.3 Å². The van der Waals surface area contributed by atoms with E-state index in [-0.39, 0.29) is 11.6 Å². The van der Waals surface area contributed by atoms with Crippen LogP contribution in [0.3, 0.4) is 0 Å². The molecule has 2 aromatic heterocycles. The van der Waals surface area contributed by atoms with E-state index in [1.54, 1.807) is 88.8 Å². The number of Topliss-reactive ketones (excluding diaryl/α,β-unsaturated/α-hetero) is 2. The molecule has 0 bridgehead atoms. The van der Waals surface area contributed by atoms with Crippen LogP contribution in [0.2, 0.25) is 23.4 Å². The predicted octanol–water partition coefficient (Wildman–Crippen LogP) is 14.2. The zero-order valence-electron chi connectivity index (χ0n) is 36.7. The number of aromatic nitrogens is 4. The van der Waals surface area contributed by atoms with E-state index < -0.39 is 18.4 Å². The molecule has 6 aromatic rings. The van der Waals surface area contributed by atoms with Gasteiger partial charge in [0.15, 0.2) is 11.6 Å². The van der Waals surface area contributed by atoms with E-state index in [0.29, 0.717) is 65.3 Å². The molecule has 0 saturated carbocycles. The Morgan fingerprint density at radius 3 is 1.53 bits per heavy atom. The van der Waals surface area contributed by atoms with E-state index in [1.165, 1.54) is 65.7 Å². The first-order chi connectivity index (χ1) is 30.9. The number of hydrogen-bond acceptors (Lipinski definition) is 10. The van der Waals surface area contributed by atoms with Gasteiger partial charge in [0.25, 0.3) is 0 Å². The Bertz CT molecular complexity index is 2550. The van der Waals surface area contributed by atoms with Gasteiger partial charge in [-0.3, -0.25) is 9.59 Å². The Hall–Kier alpha value is -5.18. The number of hydrogen-bond donors (Lipinski definition) is 0. The van der Waals surface area contributed by atoms with Gasteiger partial charge < -0.3 is 9.47 Å². The molecular weight excluding hydrogens is 1020 g/mol. The summed E-state index contributed by atoms with van der Waals surface area (Å²) in [6.45, 7) is 9.89. The van der Waals surface area contributed by atoms with Crippen LogP contribution in [0.1, 0.15) is 105 Å². The third-order valence-corrected chi connectivity index (χ3v) is 27.3. The van der Waals surface area contributed by atoms with Crippen molar-refractivity contribution in [1.82, 2.24) is 20.4 Å². The zero-order valence-corrected chi connectivity index (χ0v) is 42.7. The third kappa shape index (κ3) is 14.7. The van der Waals surface area contributed by atoms with Crippen LogP contribution in [0.4, 0.5) is 0 Å². The van der Waals surface area contributed by atoms with Crippen molar-refractivity contribution in [3.8, 4) is 46.3 Å². The molecular formula is C50H51BrCl2N6O4Sn. The van der Waals surface area contributed by atoms with Crippen molar-refractivity contribution in [3.63, 3.8) is 0 Å². The molecule has 0 aliphatic heterocycles. The molecule has 2 heterocycles. The van der Waals surface area contributed by atoms with Gasteiger partial charge in [-0.05, 0) is 90.4 Å². The van der Waals surface area contributed by atoms with Crippen molar-refractivity contribution in [1.29, 1.82) is 10.5 Å².